The lowest BCUT2D eigenvalue weighted by Crippen LogP contribution is -2.29. The van der Waals surface area contributed by atoms with Crippen LogP contribution in [0.15, 0.2) is 64.5 Å². The number of Topliss-reactive ketones (excluding diaryl/α,β-unsaturated/α-hetero) is 1. The molecule has 0 aliphatic carbocycles. The smallest absolute Gasteiger partial charge is 0.301 e. The van der Waals surface area contributed by atoms with Gasteiger partial charge in [0.15, 0.2) is 4.34 Å². The van der Waals surface area contributed by atoms with Gasteiger partial charge in [0, 0.05) is 11.1 Å². The number of carbonyl (C=O) groups excluding carboxylic acids is 2. The first-order valence-corrected chi connectivity index (χ1v) is 10.6. The Hall–Kier alpha value is -3.04. The Balaban J connectivity index is 1.96. The van der Waals surface area contributed by atoms with E-state index in [9.17, 15) is 19.1 Å². The number of ketones is 1. The highest BCUT2D eigenvalue weighted by atomic mass is 32.2. The molecule has 0 spiro atoms. The Bertz CT molecular complexity index is 1130. The summed E-state index contributed by atoms with van der Waals surface area (Å²) < 4.78 is 15.3. The third-order valence-corrected chi connectivity index (χ3v) is 6.37. The lowest BCUT2D eigenvalue weighted by atomic mass is 9.95. The predicted octanol–water partition coefficient (Wildman–Crippen LogP) is 4.03. The molecule has 1 saturated heterocycles. The van der Waals surface area contributed by atoms with Crippen LogP contribution in [-0.2, 0) is 9.59 Å². The van der Waals surface area contributed by atoms with Crippen LogP contribution in [0.3, 0.4) is 0 Å². The van der Waals surface area contributed by atoms with Crippen LogP contribution in [0.4, 0.5) is 9.52 Å². The number of aliphatic hydroxyl groups excluding tert-OH is 1. The van der Waals surface area contributed by atoms with Gasteiger partial charge in [0.25, 0.3) is 5.78 Å². The van der Waals surface area contributed by atoms with Crippen LogP contribution in [0.25, 0.3) is 5.76 Å². The highest BCUT2D eigenvalue weighted by molar-refractivity contribution is 8.00. The second-order valence-electron chi connectivity index (χ2n) is 6.11. The van der Waals surface area contributed by atoms with Gasteiger partial charge in [-0.3, -0.25) is 14.5 Å². The molecule has 9 heteroatoms. The van der Waals surface area contributed by atoms with E-state index < -0.39 is 23.5 Å². The van der Waals surface area contributed by atoms with E-state index in [0.717, 1.165) is 16.2 Å². The molecule has 0 saturated carbocycles. The van der Waals surface area contributed by atoms with Crippen LogP contribution in [0.2, 0.25) is 0 Å². The average Bonchev–Trinajstić information content (AvgIpc) is 3.31. The van der Waals surface area contributed by atoms with Crippen LogP contribution in [-0.4, -0.2) is 33.3 Å². The molecule has 29 heavy (non-hydrogen) atoms. The zero-order chi connectivity index (χ0) is 20.5. The van der Waals surface area contributed by atoms with Crippen molar-refractivity contribution in [1.82, 2.24) is 10.2 Å². The fourth-order valence-electron chi connectivity index (χ4n) is 3.15. The summed E-state index contributed by atoms with van der Waals surface area (Å²) in [6, 6.07) is 13.0. The maximum Gasteiger partial charge on any atom is 0.301 e. The van der Waals surface area contributed by atoms with Crippen molar-refractivity contribution in [1.29, 1.82) is 0 Å². The molecule has 1 amide bonds. The Morgan fingerprint density at radius 2 is 1.79 bits per heavy atom. The first-order valence-electron chi connectivity index (χ1n) is 8.51. The number of aromatic nitrogens is 2. The summed E-state index contributed by atoms with van der Waals surface area (Å²) >= 11 is 2.46. The number of nitrogens with zero attached hydrogens (tertiary/aromatic N) is 3. The van der Waals surface area contributed by atoms with E-state index in [1.807, 2.05) is 6.26 Å². The van der Waals surface area contributed by atoms with Gasteiger partial charge in [0.05, 0.1) is 5.57 Å². The minimum Gasteiger partial charge on any atom is -0.507 e. The Kier molecular flexibility index (Phi) is 5.16. The number of amides is 1. The molecule has 6 nitrogen and oxygen atoms in total. The molecule has 1 fully saturated rings. The van der Waals surface area contributed by atoms with Crippen molar-refractivity contribution in [3.05, 3.63) is 77.1 Å². The van der Waals surface area contributed by atoms with Gasteiger partial charge in [0.1, 0.15) is 17.6 Å². The molecule has 4 rings (SSSR count). The summed E-state index contributed by atoms with van der Waals surface area (Å²) in [5.74, 6) is -2.76. The molecule has 1 atom stereocenters. The van der Waals surface area contributed by atoms with Crippen molar-refractivity contribution < 1.29 is 19.1 Å². The van der Waals surface area contributed by atoms with Crippen LogP contribution in [0.5, 0.6) is 0 Å². The van der Waals surface area contributed by atoms with Crippen molar-refractivity contribution in [3.8, 4) is 0 Å². The van der Waals surface area contributed by atoms with Gasteiger partial charge in [-0.25, -0.2) is 4.39 Å². The van der Waals surface area contributed by atoms with Crippen molar-refractivity contribution in [2.24, 2.45) is 0 Å². The molecule has 0 bridgehead atoms. The quantitative estimate of drug-likeness (QED) is 0.223. The minimum atomic E-state index is -1.15. The molecule has 1 unspecified atom stereocenters. The molecule has 0 radical (unpaired) electrons. The molecule has 1 N–H and O–H groups in total. The van der Waals surface area contributed by atoms with E-state index >= 15 is 0 Å². The van der Waals surface area contributed by atoms with E-state index in [-0.39, 0.29) is 22.0 Å². The molecule has 1 aliphatic rings. The van der Waals surface area contributed by atoms with Crippen molar-refractivity contribution in [2.75, 3.05) is 11.2 Å². The zero-order valence-electron chi connectivity index (χ0n) is 15.1. The number of halogens is 1. The normalized spacial score (nSPS) is 18.4. The maximum atomic E-state index is 14.7. The molecular weight excluding hydrogens is 413 g/mol. The first-order chi connectivity index (χ1) is 14.0. The zero-order valence-corrected chi connectivity index (χ0v) is 16.7. The van der Waals surface area contributed by atoms with E-state index in [1.165, 1.54) is 30.0 Å². The Morgan fingerprint density at radius 3 is 2.45 bits per heavy atom. The molecule has 1 aliphatic heterocycles. The van der Waals surface area contributed by atoms with Gasteiger partial charge in [-0.2, -0.15) is 0 Å². The number of hydrogen-bond acceptors (Lipinski definition) is 7. The lowest BCUT2D eigenvalue weighted by Gasteiger charge is -2.22. The molecule has 3 aromatic rings. The third kappa shape index (κ3) is 3.32. The number of anilines is 1. The molecule has 2 aromatic carbocycles. The Labute approximate surface area is 173 Å². The van der Waals surface area contributed by atoms with Crippen LogP contribution < -0.4 is 4.90 Å². The fourth-order valence-corrected chi connectivity index (χ4v) is 4.44. The van der Waals surface area contributed by atoms with Crippen LogP contribution in [0, 0.1) is 5.82 Å². The average molecular weight is 427 g/mol. The third-order valence-electron chi connectivity index (χ3n) is 4.47. The molecular formula is C20H14FN3O3S2. The summed E-state index contributed by atoms with van der Waals surface area (Å²) in [4.78, 5) is 26.9. The number of aliphatic hydroxyl groups is 1. The van der Waals surface area contributed by atoms with Crippen molar-refractivity contribution in [3.63, 3.8) is 0 Å². The lowest BCUT2D eigenvalue weighted by molar-refractivity contribution is -0.132. The van der Waals surface area contributed by atoms with Crippen LogP contribution in [0.1, 0.15) is 17.2 Å². The second kappa shape index (κ2) is 7.76. The highest BCUT2D eigenvalue weighted by Gasteiger charge is 2.49. The highest BCUT2D eigenvalue weighted by Crippen LogP contribution is 2.44. The van der Waals surface area contributed by atoms with Crippen LogP contribution >= 0.6 is 23.1 Å². The molecule has 2 heterocycles. The number of thioether (sulfide) groups is 1. The second-order valence-corrected chi connectivity index (χ2v) is 8.12. The topological polar surface area (TPSA) is 83.4 Å². The largest absolute Gasteiger partial charge is 0.507 e. The van der Waals surface area contributed by atoms with E-state index in [0.29, 0.717) is 9.90 Å². The maximum absolute atomic E-state index is 14.7. The van der Waals surface area contributed by atoms with E-state index in [4.69, 9.17) is 0 Å². The summed E-state index contributed by atoms with van der Waals surface area (Å²) in [5, 5.41) is 19.0. The number of carbonyl (C=O) groups is 2. The van der Waals surface area contributed by atoms with Gasteiger partial charge in [-0.15, -0.1) is 10.2 Å². The monoisotopic (exact) mass is 427 g/mol. The Morgan fingerprint density at radius 1 is 1.10 bits per heavy atom. The number of benzene rings is 2. The summed E-state index contributed by atoms with van der Waals surface area (Å²) in [6.45, 7) is 0. The first kappa shape index (κ1) is 19.3. The van der Waals surface area contributed by atoms with Crippen molar-refractivity contribution >= 4 is 45.7 Å². The molecule has 1 aromatic heterocycles. The standard InChI is InChI=1S/C20H14FN3O3S2/c1-28-20-23-22-19(29-20)24-15(12-9-5-6-10-13(12)21)14(17(26)18(24)27)16(25)11-7-3-2-4-8-11/h2-10,15,25H,1H3. The predicted molar refractivity (Wildman–Crippen MR) is 109 cm³/mol. The fraction of sp³-hybridized carbons (Fsp3) is 0.100. The number of rotatable bonds is 4. The number of hydrogen-bond donors (Lipinski definition) is 1. The molecule has 146 valence electrons. The van der Waals surface area contributed by atoms with Crippen molar-refractivity contribution in [2.45, 2.75) is 10.4 Å². The summed E-state index contributed by atoms with van der Waals surface area (Å²) in [5.41, 5.74) is 0.256. The van der Waals surface area contributed by atoms with E-state index in [1.54, 1.807) is 36.4 Å². The summed E-state index contributed by atoms with van der Waals surface area (Å²) in [7, 11) is 0. The van der Waals surface area contributed by atoms with Gasteiger partial charge in [0.2, 0.25) is 5.13 Å². The minimum absolute atomic E-state index is 0.0880. The van der Waals surface area contributed by atoms with Gasteiger partial charge in [-0.1, -0.05) is 71.6 Å². The SMILES string of the molecule is CSc1nnc(N2C(=O)C(=O)C(=C(O)c3ccccc3)C2c2ccccc2F)s1. The van der Waals surface area contributed by atoms with E-state index in [2.05, 4.69) is 10.2 Å². The van der Waals surface area contributed by atoms with Gasteiger partial charge in [-0.05, 0) is 12.3 Å². The summed E-state index contributed by atoms with van der Waals surface area (Å²) in [6.07, 6.45) is 1.81. The van der Waals surface area contributed by atoms with Gasteiger partial charge < -0.3 is 5.11 Å². The van der Waals surface area contributed by atoms with Gasteiger partial charge >= 0.3 is 5.91 Å².